The molecule has 132 valence electrons. The number of likely N-dealkylation sites (tertiary alicyclic amines) is 1. The number of benzene rings is 2. The zero-order valence-corrected chi connectivity index (χ0v) is 14.4. The van der Waals surface area contributed by atoms with Gasteiger partial charge in [0.05, 0.1) is 6.10 Å². The third kappa shape index (κ3) is 3.99. The SMILES string of the molecule is CC(O)CNC(=O)C1CCN(C(=O)c2cccc3ccccc23)CC1. The van der Waals surface area contributed by atoms with Crippen LogP contribution in [0.2, 0.25) is 0 Å². The molecule has 1 fully saturated rings. The predicted octanol–water partition coefficient (Wildman–Crippen LogP) is 2.19. The van der Waals surface area contributed by atoms with Crippen LogP contribution in [0.25, 0.3) is 10.8 Å². The Morgan fingerprint density at radius 2 is 1.84 bits per heavy atom. The Balaban J connectivity index is 1.64. The molecule has 2 N–H and O–H groups in total. The first-order valence-corrected chi connectivity index (χ1v) is 8.79. The lowest BCUT2D eigenvalue weighted by molar-refractivity contribution is -0.126. The molecule has 5 nitrogen and oxygen atoms in total. The molecule has 2 amide bonds. The normalized spacial score (nSPS) is 16.6. The molecule has 2 aromatic carbocycles. The molecule has 5 heteroatoms. The first kappa shape index (κ1) is 17.4. The summed E-state index contributed by atoms with van der Waals surface area (Å²) in [6.07, 6.45) is 0.765. The van der Waals surface area contributed by atoms with E-state index < -0.39 is 6.10 Å². The Labute approximate surface area is 147 Å². The molecular formula is C20H24N2O3. The van der Waals surface area contributed by atoms with Crippen molar-refractivity contribution < 1.29 is 14.7 Å². The minimum atomic E-state index is -0.544. The number of rotatable bonds is 4. The summed E-state index contributed by atoms with van der Waals surface area (Å²) >= 11 is 0. The smallest absolute Gasteiger partial charge is 0.254 e. The van der Waals surface area contributed by atoms with E-state index in [9.17, 15) is 14.7 Å². The number of carbonyl (C=O) groups excluding carboxylic acids is 2. The summed E-state index contributed by atoms with van der Waals surface area (Å²) in [5.74, 6) is -0.0897. The van der Waals surface area contributed by atoms with Gasteiger partial charge in [-0.1, -0.05) is 36.4 Å². The molecule has 1 unspecified atom stereocenters. The number of aliphatic hydroxyl groups excluding tert-OH is 1. The first-order valence-electron chi connectivity index (χ1n) is 8.79. The summed E-state index contributed by atoms with van der Waals surface area (Å²) in [7, 11) is 0. The maximum atomic E-state index is 12.9. The number of fused-ring (bicyclic) bond motifs is 1. The third-order valence-corrected chi connectivity index (χ3v) is 4.74. The molecular weight excluding hydrogens is 316 g/mol. The fourth-order valence-electron chi connectivity index (χ4n) is 3.32. The molecule has 1 saturated heterocycles. The Morgan fingerprint density at radius 1 is 1.16 bits per heavy atom. The summed E-state index contributed by atoms with van der Waals surface area (Å²) in [5, 5.41) is 14.0. The number of carbonyl (C=O) groups is 2. The maximum absolute atomic E-state index is 12.9. The highest BCUT2D eigenvalue weighted by atomic mass is 16.3. The molecule has 25 heavy (non-hydrogen) atoms. The van der Waals surface area contributed by atoms with Crippen LogP contribution in [0.1, 0.15) is 30.1 Å². The quantitative estimate of drug-likeness (QED) is 0.896. The van der Waals surface area contributed by atoms with Crippen LogP contribution in [-0.4, -0.2) is 47.6 Å². The molecule has 0 radical (unpaired) electrons. The van der Waals surface area contributed by atoms with Crippen molar-refractivity contribution in [3.8, 4) is 0 Å². The number of piperidine rings is 1. The fourth-order valence-corrected chi connectivity index (χ4v) is 3.32. The largest absolute Gasteiger partial charge is 0.392 e. The zero-order valence-electron chi connectivity index (χ0n) is 14.4. The van der Waals surface area contributed by atoms with Crippen molar-refractivity contribution in [2.24, 2.45) is 5.92 Å². The molecule has 1 heterocycles. The third-order valence-electron chi connectivity index (χ3n) is 4.74. The minimum Gasteiger partial charge on any atom is -0.392 e. The summed E-state index contributed by atoms with van der Waals surface area (Å²) in [5.41, 5.74) is 0.718. The minimum absolute atomic E-state index is 0.0274. The first-order chi connectivity index (χ1) is 12.1. The van der Waals surface area contributed by atoms with Crippen LogP contribution >= 0.6 is 0 Å². The summed E-state index contributed by atoms with van der Waals surface area (Å²) < 4.78 is 0. The zero-order chi connectivity index (χ0) is 17.8. The van der Waals surface area contributed by atoms with Crippen molar-refractivity contribution in [2.75, 3.05) is 19.6 Å². The van der Waals surface area contributed by atoms with Gasteiger partial charge in [-0.05, 0) is 36.6 Å². The predicted molar refractivity (Wildman–Crippen MR) is 97.3 cm³/mol. The fraction of sp³-hybridized carbons (Fsp3) is 0.400. The van der Waals surface area contributed by atoms with Gasteiger partial charge >= 0.3 is 0 Å². The summed E-state index contributed by atoms with van der Waals surface area (Å²) in [6.45, 7) is 3.07. The molecule has 3 rings (SSSR count). The van der Waals surface area contributed by atoms with E-state index >= 15 is 0 Å². The van der Waals surface area contributed by atoms with Crippen molar-refractivity contribution in [1.82, 2.24) is 10.2 Å². The van der Waals surface area contributed by atoms with Crippen LogP contribution in [0.5, 0.6) is 0 Å². The number of hydrogen-bond acceptors (Lipinski definition) is 3. The Bertz CT molecular complexity index is 759. The van der Waals surface area contributed by atoms with Gasteiger partial charge in [0.1, 0.15) is 0 Å². The summed E-state index contributed by atoms with van der Waals surface area (Å²) in [6, 6.07) is 13.7. The van der Waals surface area contributed by atoms with E-state index in [4.69, 9.17) is 0 Å². The van der Waals surface area contributed by atoms with Gasteiger partial charge in [0, 0.05) is 31.1 Å². The van der Waals surface area contributed by atoms with E-state index in [0.29, 0.717) is 25.9 Å². The number of amides is 2. The average molecular weight is 340 g/mol. The highest BCUT2D eigenvalue weighted by Gasteiger charge is 2.28. The van der Waals surface area contributed by atoms with Gasteiger partial charge < -0.3 is 15.3 Å². The molecule has 1 aliphatic rings. The Morgan fingerprint density at radius 3 is 2.56 bits per heavy atom. The molecule has 0 saturated carbocycles. The lowest BCUT2D eigenvalue weighted by Gasteiger charge is -2.31. The Kier molecular flexibility index (Phi) is 5.34. The lowest BCUT2D eigenvalue weighted by Crippen LogP contribution is -2.44. The van der Waals surface area contributed by atoms with Crippen molar-refractivity contribution in [2.45, 2.75) is 25.9 Å². The number of nitrogens with one attached hydrogen (secondary N) is 1. The second-order valence-corrected chi connectivity index (χ2v) is 6.69. The number of nitrogens with zero attached hydrogens (tertiary/aromatic N) is 1. The van der Waals surface area contributed by atoms with Crippen LogP contribution in [0, 0.1) is 5.92 Å². The van der Waals surface area contributed by atoms with Crippen molar-refractivity contribution in [3.05, 3.63) is 48.0 Å². The van der Waals surface area contributed by atoms with Gasteiger partial charge in [0.25, 0.3) is 5.91 Å². The standard InChI is InChI=1S/C20H24N2O3/c1-14(23)13-21-19(24)16-9-11-22(12-10-16)20(25)18-8-4-6-15-5-2-3-7-17(15)18/h2-8,14,16,23H,9-13H2,1H3,(H,21,24). The second kappa shape index (κ2) is 7.66. The summed E-state index contributed by atoms with van der Waals surface area (Å²) in [4.78, 5) is 26.8. The molecule has 0 bridgehead atoms. The molecule has 0 aromatic heterocycles. The van der Waals surface area contributed by atoms with Crippen LogP contribution in [0.4, 0.5) is 0 Å². The van der Waals surface area contributed by atoms with Gasteiger partial charge in [0.2, 0.25) is 5.91 Å². The van der Waals surface area contributed by atoms with E-state index in [0.717, 1.165) is 16.3 Å². The van der Waals surface area contributed by atoms with Gasteiger partial charge in [-0.15, -0.1) is 0 Å². The highest BCUT2D eigenvalue weighted by molar-refractivity contribution is 6.07. The van der Waals surface area contributed by atoms with Crippen molar-refractivity contribution in [3.63, 3.8) is 0 Å². The maximum Gasteiger partial charge on any atom is 0.254 e. The van der Waals surface area contributed by atoms with Gasteiger partial charge in [-0.25, -0.2) is 0 Å². The highest BCUT2D eigenvalue weighted by Crippen LogP contribution is 2.23. The average Bonchev–Trinajstić information content (AvgIpc) is 2.65. The van der Waals surface area contributed by atoms with E-state index in [2.05, 4.69) is 5.32 Å². The second-order valence-electron chi connectivity index (χ2n) is 6.69. The molecule has 0 spiro atoms. The number of aliphatic hydroxyl groups is 1. The molecule has 2 aromatic rings. The molecule has 1 aliphatic heterocycles. The van der Waals surface area contributed by atoms with Crippen LogP contribution < -0.4 is 5.32 Å². The lowest BCUT2D eigenvalue weighted by atomic mass is 9.94. The topological polar surface area (TPSA) is 69.6 Å². The Hall–Kier alpha value is -2.40. The monoisotopic (exact) mass is 340 g/mol. The van der Waals surface area contributed by atoms with Crippen LogP contribution in [0.15, 0.2) is 42.5 Å². The van der Waals surface area contributed by atoms with Gasteiger partial charge in [-0.3, -0.25) is 9.59 Å². The van der Waals surface area contributed by atoms with Crippen LogP contribution in [0.3, 0.4) is 0 Å². The van der Waals surface area contributed by atoms with Gasteiger partial charge in [-0.2, -0.15) is 0 Å². The molecule has 1 atom stereocenters. The van der Waals surface area contributed by atoms with E-state index in [1.54, 1.807) is 6.92 Å². The van der Waals surface area contributed by atoms with Crippen molar-refractivity contribution >= 4 is 22.6 Å². The van der Waals surface area contributed by atoms with Crippen molar-refractivity contribution in [1.29, 1.82) is 0 Å². The van der Waals surface area contributed by atoms with Crippen LogP contribution in [-0.2, 0) is 4.79 Å². The number of hydrogen-bond donors (Lipinski definition) is 2. The van der Waals surface area contributed by atoms with Gasteiger partial charge in [0.15, 0.2) is 0 Å². The molecule has 0 aliphatic carbocycles. The van der Waals surface area contributed by atoms with E-state index in [-0.39, 0.29) is 24.3 Å². The van der Waals surface area contributed by atoms with E-state index in [1.807, 2.05) is 47.4 Å². The van der Waals surface area contributed by atoms with E-state index in [1.165, 1.54) is 0 Å².